The van der Waals surface area contributed by atoms with Crippen molar-refractivity contribution in [2.45, 2.75) is 0 Å². The number of hydrogen-bond acceptors (Lipinski definition) is 5. The molecule has 0 saturated heterocycles. The summed E-state index contributed by atoms with van der Waals surface area (Å²) in [6, 6.07) is 0. The van der Waals surface area contributed by atoms with E-state index in [1.54, 1.807) is 21.2 Å². The van der Waals surface area contributed by atoms with Gasteiger partial charge in [-0.2, -0.15) is 0 Å². The van der Waals surface area contributed by atoms with Crippen LogP contribution in [0.4, 0.5) is 10.7 Å². The first-order valence-corrected chi connectivity index (χ1v) is 5.57. The number of carbonyl (C=O) groups excluding carboxylic acids is 1. The summed E-state index contributed by atoms with van der Waals surface area (Å²) in [4.78, 5) is 15.8. The smallest absolute Gasteiger partial charge is 0.265 e. The molecule has 0 bridgehead atoms. The number of rotatable bonds is 3. The average molecular weight is 243 g/mol. The molecule has 90 valence electrons. The van der Waals surface area contributed by atoms with Gasteiger partial charge in [-0.1, -0.05) is 0 Å². The molecule has 0 aliphatic heterocycles. The Labute approximate surface area is 99.4 Å². The monoisotopic (exact) mass is 243 g/mol. The SMILES string of the molecule is COc1c(N(C)C)sc(C(=O)N(C)C)c1N. The molecule has 0 unspecified atom stereocenters. The summed E-state index contributed by atoms with van der Waals surface area (Å²) in [7, 11) is 8.72. The second kappa shape index (κ2) is 4.61. The van der Waals surface area contributed by atoms with Crippen LogP contribution >= 0.6 is 11.3 Å². The van der Waals surface area contributed by atoms with Gasteiger partial charge in [0.1, 0.15) is 15.6 Å². The molecule has 5 nitrogen and oxygen atoms in total. The number of anilines is 2. The minimum Gasteiger partial charge on any atom is -0.492 e. The minimum absolute atomic E-state index is 0.103. The Morgan fingerprint density at radius 1 is 1.31 bits per heavy atom. The van der Waals surface area contributed by atoms with E-state index in [0.29, 0.717) is 16.3 Å². The van der Waals surface area contributed by atoms with Crippen LogP contribution in [0, 0.1) is 0 Å². The van der Waals surface area contributed by atoms with E-state index in [4.69, 9.17) is 10.5 Å². The van der Waals surface area contributed by atoms with Crippen LogP contribution in [0.5, 0.6) is 5.75 Å². The molecule has 16 heavy (non-hydrogen) atoms. The second-order valence-electron chi connectivity index (χ2n) is 3.78. The first-order valence-electron chi connectivity index (χ1n) is 4.75. The van der Waals surface area contributed by atoms with Gasteiger partial charge in [-0.05, 0) is 0 Å². The van der Waals surface area contributed by atoms with Crippen LogP contribution in [-0.4, -0.2) is 46.1 Å². The van der Waals surface area contributed by atoms with Crippen LogP contribution in [0.15, 0.2) is 0 Å². The normalized spacial score (nSPS) is 10.1. The molecule has 0 fully saturated rings. The minimum atomic E-state index is -0.103. The lowest BCUT2D eigenvalue weighted by Crippen LogP contribution is -2.21. The van der Waals surface area contributed by atoms with E-state index >= 15 is 0 Å². The zero-order valence-corrected chi connectivity index (χ0v) is 11.0. The van der Waals surface area contributed by atoms with Crippen molar-refractivity contribution in [3.05, 3.63) is 4.88 Å². The number of ether oxygens (including phenoxy) is 1. The third-order valence-corrected chi connectivity index (χ3v) is 3.44. The summed E-state index contributed by atoms with van der Waals surface area (Å²) in [6.45, 7) is 0. The van der Waals surface area contributed by atoms with Crippen LogP contribution in [0.3, 0.4) is 0 Å². The van der Waals surface area contributed by atoms with Gasteiger partial charge < -0.3 is 20.3 Å². The van der Waals surface area contributed by atoms with Gasteiger partial charge in [0.2, 0.25) is 0 Å². The molecule has 0 aromatic carbocycles. The molecule has 6 heteroatoms. The highest BCUT2D eigenvalue weighted by atomic mass is 32.1. The number of thiophene rings is 1. The number of amides is 1. The fourth-order valence-corrected chi connectivity index (χ4v) is 2.40. The molecular formula is C10H17N3O2S. The van der Waals surface area contributed by atoms with Crippen LogP contribution in [-0.2, 0) is 0 Å². The fraction of sp³-hybridized carbons (Fsp3) is 0.500. The highest BCUT2D eigenvalue weighted by Crippen LogP contribution is 2.44. The summed E-state index contributed by atoms with van der Waals surface area (Å²) >= 11 is 1.34. The summed E-state index contributed by atoms with van der Waals surface area (Å²) in [5, 5.41) is 0.852. The standard InChI is InChI=1S/C10H17N3O2S/c1-12(2)9(14)8-6(11)7(15-5)10(16-8)13(3)4/h11H2,1-5H3. The van der Waals surface area contributed by atoms with Gasteiger partial charge in [0.05, 0.1) is 7.11 Å². The van der Waals surface area contributed by atoms with Crippen molar-refractivity contribution >= 4 is 27.9 Å². The third-order valence-electron chi connectivity index (χ3n) is 2.09. The Kier molecular flexibility index (Phi) is 3.64. The molecule has 0 saturated carbocycles. The summed E-state index contributed by atoms with van der Waals surface area (Å²) in [5.41, 5.74) is 6.31. The van der Waals surface area contributed by atoms with Crippen molar-refractivity contribution in [1.82, 2.24) is 4.90 Å². The topological polar surface area (TPSA) is 58.8 Å². The fourth-order valence-electron chi connectivity index (χ4n) is 1.27. The van der Waals surface area contributed by atoms with Crippen LogP contribution in [0.1, 0.15) is 9.67 Å². The molecule has 1 heterocycles. The molecule has 1 aromatic heterocycles. The number of nitrogens with two attached hydrogens (primary N) is 1. The van der Waals surface area contributed by atoms with E-state index in [-0.39, 0.29) is 5.91 Å². The molecule has 0 aliphatic rings. The molecule has 0 atom stereocenters. The van der Waals surface area contributed by atoms with Gasteiger partial charge in [0.15, 0.2) is 5.75 Å². The van der Waals surface area contributed by atoms with Gasteiger partial charge in [0, 0.05) is 28.2 Å². The van der Waals surface area contributed by atoms with Gasteiger partial charge in [-0.25, -0.2) is 0 Å². The van der Waals surface area contributed by atoms with Crippen molar-refractivity contribution in [2.75, 3.05) is 45.9 Å². The Morgan fingerprint density at radius 2 is 1.88 bits per heavy atom. The Balaban J connectivity index is 3.28. The van der Waals surface area contributed by atoms with Crippen molar-refractivity contribution in [3.63, 3.8) is 0 Å². The zero-order chi connectivity index (χ0) is 12.5. The molecule has 2 N–H and O–H groups in total. The predicted molar refractivity (Wildman–Crippen MR) is 67.6 cm³/mol. The van der Waals surface area contributed by atoms with E-state index in [1.807, 2.05) is 19.0 Å². The van der Waals surface area contributed by atoms with E-state index in [1.165, 1.54) is 16.2 Å². The van der Waals surface area contributed by atoms with Crippen molar-refractivity contribution in [1.29, 1.82) is 0 Å². The Hall–Kier alpha value is -1.43. The lowest BCUT2D eigenvalue weighted by atomic mass is 10.3. The van der Waals surface area contributed by atoms with E-state index in [2.05, 4.69) is 0 Å². The lowest BCUT2D eigenvalue weighted by Gasteiger charge is -2.11. The van der Waals surface area contributed by atoms with Crippen molar-refractivity contribution in [2.24, 2.45) is 0 Å². The first-order chi connectivity index (χ1) is 7.40. The highest BCUT2D eigenvalue weighted by molar-refractivity contribution is 7.19. The van der Waals surface area contributed by atoms with Crippen LogP contribution in [0.25, 0.3) is 0 Å². The number of nitrogen functional groups attached to an aromatic ring is 1. The molecule has 1 rings (SSSR count). The maximum absolute atomic E-state index is 11.9. The van der Waals surface area contributed by atoms with Crippen LogP contribution < -0.4 is 15.4 Å². The molecular weight excluding hydrogens is 226 g/mol. The van der Waals surface area contributed by atoms with Crippen molar-refractivity contribution in [3.8, 4) is 5.75 Å². The van der Waals surface area contributed by atoms with Gasteiger partial charge in [-0.3, -0.25) is 4.79 Å². The third kappa shape index (κ3) is 2.06. The average Bonchev–Trinajstić information content (AvgIpc) is 2.54. The Morgan fingerprint density at radius 3 is 2.19 bits per heavy atom. The number of hydrogen-bond donors (Lipinski definition) is 1. The van der Waals surface area contributed by atoms with Crippen molar-refractivity contribution < 1.29 is 9.53 Å². The maximum atomic E-state index is 11.9. The zero-order valence-electron chi connectivity index (χ0n) is 10.2. The summed E-state index contributed by atoms with van der Waals surface area (Å²) in [5.74, 6) is 0.467. The van der Waals surface area contributed by atoms with Gasteiger partial charge in [0.25, 0.3) is 5.91 Å². The molecule has 0 aliphatic carbocycles. The lowest BCUT2D eigenvalue weighted by molar-refractivity contribution is 0.0833. The molecule has 0 spiro atoms. The number of methoxy groups -OCH3 is 1. The van der Waals surface area contributed by atoms with E-state index in [0.717, 1.165) is 5.00 Å². The molecule has 1 aromatic rings. The second-order valence-corrected chi connectivity index (χ2v) is 4.78. The quantitative estimate of drug-likeness (QED) is 0.864. The van der Waals surface area contributed by atoms with Gasteiger partial charge in [-0.15, -0.1) is 11.3 Å². The predicted octanol–water partition coefficient (Wildman–Crippen LogP) is 1.11. The largest absolute Gasteiger partial charge is 0.492 e. The summed E-state index contributed by atoms with van der Waals surface area (Å²) < 4.78 is 5.22. The summed E-state index contributed by atoms with van der Waals surface area (Å²) in [6.07, 6.45) is 0. The molecule has 1 amide bonds. The van der Waals surface area contributed by atoms with Crippen LogP contribution in [0.2, 0.25) is 0 Å². The molecule has 0 radical (unpaired) electrons. The number of carbonyl (C=O) groups is 1. The van der Waals surface area contributed by atoms with E-state index < -0.39 is 0 Å². The Bertz CT molecular complexity index is 399. The van der Waals surface area contributed by atoms with Gasteiger partial charge >= 0.3 is 0 Å². The maximum Gasteiger partial charge on any atom is 0.265 e. The number of nitrogens with zero attached hydrogens (tertiary/aromatic N) is 2. The first kappa shape index (κ1) is 12.6. The highest BCUT2D eigenvalue weighted by Gasteiger charge is 2.23. The van der Waals surface area contributed by atoms with E-state index in [9.17, 15) is 4.79 Å².